The van der Waals surface area contributed by atoms with Crippen molar-refractivity contribution in [2.24, 2.45) is 0 Å². The Bertz CT molecular complexity index is 1060. The Kier molecular flexibility index (Phi) is 20.8. The summed E-state index contributed by atoms with van der Waals surface area (Å²) in [7, 11) is -3.23. The number of H-pyrrole nitrogens is 2. The van der Waals surface area contributed by atoms with E-state index >= 15 is 0 Å². The highest BCUT2D eigenvalue weighted by Gasteiger charge is 2.25. The van der Waals surface area contributed by atoms with E-state index in [2.05, 4.69) is 20.3 Å². The molecule has 11 heteroatoms. The second-order valence-electron chi connectivity index (χ2n) is 11.6. The Morgan fingerprint density at radius 2 is 1.40 bits per heavy atom. The minimum atomic E-state index is -3.23. The minimum Gasteiger partial charge on any atom is -0.396 e. The van der Waals surface area contributed by atoms with Gasteiger partial charge in [0.25, 0.3) is 5.56 Å². The predicted molar refractivity (Wildman–Crippen MR) is 175 cm³/mol. The summed E-state index contributed by atoms with van der Waals surface area (Å²) in [4.78, 5) is 21.6. The normalized spacial score (nSPS) is 13.9. The van der Waals surface area contributed by atoms with Crippen LogP contribution in [-0.4, -0.2) is 63.8 Å². The lowest BCUT2D eigenvalue weighted by Gasteiger charge is -2.21. The highest BCUT2D eigenvalue weighted by atomic mass is 31.2. The van der Waals surface area contributed by atoms with Gasteiger partial charge < -0.3 is 34.5 Å². The lowest BCUT2D eigenvalue weighted by molar-refractivity contribution is 0.201. The van der Waals surface area contributed by atoms with Crippen molar-refractivity contribution in [2.45, 2.75) is 135 Å². The number of unbranched alkanes of at least 4 members (excludes halogenated alkanes) is 16. The quantitative estimate of drug-likeness (QED) is 0.0480. The van der Waals surface area contributed by atoms with Gasteiger partial charge in [-0.05, 0) is 26.2 Å². The molecule has 0 aliphatic rings. The Balaban J connectivity index is 1.48. The number of nitrogens with one attached hydrogen (secondary N) is 3. The van der Waals surface area contributed by atoms with Gasteiger partial charge in [0.15, 0.2) is 0 Å². The average molecular weight is 627 g/mol. The lowest BCUT2D eigenvalue weighted by Crippen LogP contribution is -2.33. The van der Waals surface area contributed by atoms with Crippen LogP contribution in [0, 0.1) is 0 Å². The second-order valence-corrected chi connectivity index (χ2v) is 13.8. The van der Waals surface area contributed by atoms with Gasteiger partial charge in [-0.25, -0.2) is 4.98 Å². The molecule has 0 aliphatic heterocycles. The molecule has 0 amide bonds. The van der Waals surface area contributed by atoms with Crippen molar-refractivity contribution in [3.05, 3.63) is 28.4 Å². The van der Waals surface area contributed by atoms with Crippen molar-refractivity contribution in [1.29, 1.82) is 0 Å². The summed E-state index contributed by atoms with van der Waals surface area (Å²) in [5, 5.41) is 21.9. The zero-order valence-corrected chi connectivity index (χ0v) is 27.5. The van der Waals surface area contributed by atoms with Crippen LogP contribution in [0.2, 0.25) is 0 Å². The number of aliphatic hydroxyl groups excluding tert-OH is 2. The van der Waals surface area contributed by atoms with Crippen LogP contribution < -0.4 is 10.9 Å². The van der Waals surface area contributed by atoms with Crippen LogP contribution in [0.5, 0.6) is 0 Å². The van der Waals surface area contributed by atoms with Crippen molar-refractivity contribution in [1.82, 2.24) is 20.3 Å². The third-order valence-electron chi connectivity index (χ3n) is 8.02. The zero-order valence-electron chi connectivity index (χ0n) is 26.6. The summed E-state index contributed by atoms with van der Waals surface area (Å²) in [6.45, 7) is 3.18. The van der Waals surface area contributed by atoms with Gasteiger partial charge in [-0.15, -0.1) is 0 Å². The summed E-state index contributed by atoms with van der Waals surface area (Å²) in [5.74, 6) is 0. The van der Waals surface area contributed by atoms with Crippen LogP contribution in [0.4, 0.5) is 0 Å². The molecule has 2 heterocycles. The van der Waals surface area contributed by atoms with Crippen molar-refractivity contribution in [3.63, 3.8) is 0 Å². The van der Waals surface area contributed by atoms with E-state index in [0.717, 1.165) is 24.8 Å². The van der Waals surface area contributed by atoms with Crippen LogP contribution in [0.25, 0.3) is 11.0 Å². The zero-order chi connectivity index (χ0) is 31.0. The molecule has 0 saturated carbocycles. The van der Waals surface area contributed by atoms with Crippen LogP contribution in [-0.2, 0) is 20.2 Å². The Labute approximate surface area is 258 Å². The van der Waals surface area contributed by atoms with Gasteiger partial charge in [-0.2, -0.15) is 0 Å². The SMILES string of the molecule is CCOP(=O)(CC[C@@H](CO)NCc1c[nH]c2c(=O)[nH]cnc12)OCCCCCCCCCCCCCCCCCCCO. The van der Waals surface area contributed by atoms with Crippen LogP contribution in [0.3, 0.4) is 0 Å². The van der Waals surface area contributed by atoms with Gasteiger partial charge in [-0.3, -0.25) is 9.36 Å². The largest absolute Gasteiger partial charge is 0.396 e. The molecule has 2 atom stereocenters. The van der Waals surface area contributed by atoms with Crippen molar-refractivity contribution >= 4 is 18.6 Å². The Morgan fingerprint density at radius 1 is 0.837 bits per heavy atom. The molecule has 2 aromatic heterocycles. The summed E-state index contributed by atoms with van der Waals surface area (Å²) >= 11 is 0. The number of rotatable bonds is 29. The van der Waals surface area contributed by atoms with Gasteiger partial charge in [0.05, 0.1) is 37.8 Å². The smallest absolute Gasteiger partial charge is 0.330 e. The van der Waals surface area contributed by atoms with E-state index < -0.39 is 7.60 Å². The molecule has 0 saturated heterocycles. The molecule has 10 nitrogen and oxygen atoms in total. The van der Waals surface area contributed by atoms with E-state index in [1.807, 2.05) is 6.92 Å². The molecule has 5 N–H and O–H groups in total. The number of aliphatic hydroxyl groups is 2. The minimum absolute atomic E-state index is 0.115. The summed E-state index contributed by atoms with van der Waals surface area (Å²) in [6, 6.07) is -0.289. The summed E-state index contributed by atoms with van der Waals surface area (Å²) in [5.41, 5.74) is 1.61. The Hall–Kier alpha value is -1.55. The van der Waals surface area contributed by atoms with Gasteiger partial charge in [0, 0.05) is 31.0 Å². The number of aromatic amines is 2. The molecular formula is C32H59N4O6P. The molecule has 43 heavy (non-hydrogen) atoms. The first-order chi connectivity index (χ1) is 21.0. The molecule has 0 aromatic carbocycles. The molecule has 2 aromatic rings. The molecule has 0 radical (unpaired) electrons. The first-order valence-electron chi connectivity index (χ1n) is 16.9. The topological polar surface area (TPSA) is 150 Å². The highest BCUT2D eigenvalue weighted by molar-refractivity contribution is 7.53. The third-order valence-corrected chi connectivity index (χ3v) is 10.1. The molecule has 248 valence electrons. The molecule has 0 spiro atoms. The van der Waals surface area contributed by atoms with E-state index in [-0.39, 0.29) is 24.4 Å². The molecule has 0 fully saturated rings. The van der Waals surface area contributed by atoms with Crippen molar-refractivity contribution in [2.75, 3.05) is 32.6 Å². The van der Waals surface area contributed by atoms with E-state index in [1.165, 1.54) is 96.2 Å². The number of nitrogens with zero attached hydrogens (tertiary/aromatic N) is 1. The van der Waals surface area contributed by atoms with Crippen molar-refractivity contribution in [3.8, 4) is 0 Å². The monoisotopic (exact) mass is 626 g/mol. The van der Waals surface area contributed by atoms with Crippen LogP contribution >= 0.6 is 7.60 Å². The van der Waals surface area contributed by atoms with Gasteiger partial charge >= 0.3 is 7.60 Å². The fourth-order valence-corrected chi connectivity index (χ4v) is 7.16. The predicted octanol–water partition coefficient (Wildman–Crippen LogP) is 6.96. The van der Waals surface area contributed by atoms with E-state index in [1.54, 1.807) is 6.20 Å². The first-order valence-corrected chi connectivity index (χ1v) is 18.6. The second kappa shape index (κ2) is 23.8. The number of fused-ring (bicyclic) bond motifs is 1. The number of aromatic nitrogens is 3. The molecule has 0 bridgehead atoms. The standard InChI is InChI=1S/C32H59N4O6P/c1-2-41-43(40,23-20-29(26-38)33-24-28-25-34-31-30(28)35-27-36-32(31)39)42-22-19-17-15-13-11-9-7-5-3-4-6-8-10-12-14-16-18-21-37/h25,27,29,33-34,37-38H,2-24,26H2,1H3,(H,35,36,39)/t29-,43?/m0/s1. The fourth-order valence-electron chi connectivity index (χ4n) is 5.40. The van der Waals surface area contributed by atoms with E-state index in [0.29, 0.717) is 43.8 Å². The van der Waals surface area contributed by atoms with E-state index in [4.69, 9.17) is 14.2 Å². The van der Waals surface area contributed by atoms with Gasteiger partial charge in [-0.1, -0.05) is 96.3 Å². The summed E-state index contributed by atoms with van der Waals surface area (Å²) in [6.07, 6.45) is 24.9. The summed E-state index contributed by atoms with van der Waals surface area (Å²) < 4.78 is 24.6. The van der Waals surface area contributed by atoms with Gasteiger partial charge in [0.1, 0.15) is 5.52 Å². The van der Waals surface area contributed by atoms with E-state index in [9.17, 15) is 14.5 Å². The number of hydrogen-bond acceptors (Lipinski definition) is 8. The maximum atomic E-state index is 13.2. The van der Waals surface area contributed by atoms with Crippen LogP contribution in [0.15, 0.2) is 17.3 Å². The number of hydrogen-bond donors (Lipinski definition) is 5. The molecule has 0 aliphatic carbocycles. The maximum absolute atomic E-state index is 13.2. The Morgan fingerprint density at radius 3 is 1.93 bits per heavy atom. The lowest BCUT2D eigenvalue weighted by atomic mass is 10.0. The van der Waals surface area contributed by atoms with Gasteiger partial charge in [0.2, 0.25) is 0 Å². The first kappa shape index (κ1) is 37.6. The third kappa shape index (κ3) is 16.4. The average Bonchev–Trinajstić information content (AvgIpc) is 3.43. The molecule has 2 rings (SSSR count). The molecule has 1 unspecified atom stereocenters. The molecular weight excluding hydrogens is 567 g/mol. The fraction of sp³-hybridized carbons (Fsp3) is 0.812. The van der Waals surface area contributed by atoms with Crippen LogP contribution in [0.1, 0.15) is 128 Å². The maximum Gasteiger partial charge on any atom is 0.330 e. The van der Waals surface area contributed by atoms with Crippen molar-refractivity contribution < 1.29 is 23.8 Å². The highest BCUT2D eigenvalue weighted by Crippen LogP contribution is 2.49.